The second-order valence-electron chi connectivity index (χ2n) is 7.01. The van der Waals surface area contributed by atoms with Gasteiger partial charge in [0, 0.05) is 35.8 Å². The average Bonchev–Trinajstić information content (AvgIpc) is 3.36. The van der Waals surface area contributed by atoms with Crippen LogP contribution in [0.5, 0.6) is 0 Å². The Kier molecular flexibility index (Phi) is 5.94. The number of carbonyl (C=O) groups is 1. The number of pyridine rings is 1. The van der Waals surface area contributed by atoms with Crippen LogP contribution in [0.15, 0.2) is 61.3 Å². The number of H-pyrrole nitrogens is 1. The van der Waals surface area contributed by atoms with Gasteiger partial charge in [-0.2, -0.15) is 22.8 Å². The smallest absolute Gasteiger partial charge is 0.351 e. The van der Waals surface area contributed by atoms with E-state index in [1.54, 1.807) is 42.6 Å². The minimum Gasteiger partial charge on any atom is -0.372 e. The molecule has 5 N–H and O–H groups in total. The molecule has 2 unspecified atom stereocenters. The molecule has 0 aliphatic heterocycles. The van der Waals surface area contributed by atoms with Crippen LogP contribution < -0.4 is 11.6 Å². The highest BCUT2D eigenvalue weighted by Gasteiger charge is 2.47. The summed E-state index contributed by atoms with van der Waals surface area (Å²) in [5, 5.41) is 6.76. The number of aromatic amines is 1. The number of hydrogen-bond donors (Lipinski definition) is 3. The zero-order chi connectivity index (χ0) is 21.8. The Morgan fingerprint density at radius 3 is 2.77 bits per heavy atom. The summed E-state index contributed by atoms with van der Waals surface area (Å²) in [4.78, 5) is 30.9. The number of fused-ring (bicyclic) bond motifs is 1. The van der Waals surface area contributed by atoms with Crippen molar-refractivity contribution >= 4 is 28.8 Å². The fourth-order valence-electron chi connectivity index (χ4n) is 3.56. The van der Waals surface area contributed by atoms with Crippen molar-refractivity contribution in [1.29, 1.82) is 0 Å². The van der Waals surface area contributed by atoms with E-state index in [1.165, 1.54) is 6.20 Å². The third-order valence-electron chi connectivity index (χ3n) is 5.21. The highest BCUT2D eigenvalue weighted by atomic mass is 32.2. The molecular weight excluding hydrogens is 414 g/mol. The molecule has 9 nitrogen and oxygen atoms in total. The molecule has 0 amide bonds. The van der Waals surface area contributed by atoms with Crippen molar-refractivity contribution in [2.24, 2.45) is 11.6 Å². The summed E-state index contributed by atoms with van der Waals surface area (Å²) in [5.74, 6) is 4.53. The summed E-state index contributed by atoms with van der Waals surface area (Å²) in [7, 11) is 0. The molecule has 3 heterocycles. The van der Waals surface area contributed by atoms with Crippen molar-refractivity contribution in [2.75, 3.05) is 12.0 Å². The molecule has 4 aromatic rings. The van der Waals surface area contributed by atoms with Gasteiger partial charge in [0.25, 0.3) is 0 Å². The van der Waals surface area contributed by atoms with Gasteiger partial charge in [-0.05, 0) is 35.6 Å². The van der Waals surface area contributed by atoms with Crippen molar-refractivity contribution in [2.45, 2.75) is 11.5 Å². The first-order chi connectivity index (χ1) is 15.1. The molecule has 0 bridgehead atoms. The highest BCUT2D eigenvalue weighted by molar-refractivity contribution is 7.98. The average molecular weight is 436 g/mol. The summed E-state index contributed by atoms with van der Waals surface area (Å²) in [6.07, 6.45) is 10.3. The van der Waals surface area contributed by atoms with E-state index in [0.29, 0.717) is 16.8 Å². The molecule has 0 fully saturated rings. The Morgan fingerprint density at radius 2 is 2.10 bits per heavy atom. The van der Waals surface area contributed by atoms with Crippen molar-refractivity contribution in [3.63, 3.8) is 0 Å². The van der Waals surface area contributed by atoms with Gasteiger partial charge < -0.3 is 10.6 Å². The predicted octanol–water partition coefficient (Wildman–Crippen LogP) is 2.13. The van der Waals surface area contributed by atoms with Crippen LogP contribution in [0.1, 0.15) is 17.2 Å². The van der Waals surface area contributed by atoms with Crippen molar-refractivity contribution in [3.8, 4) is 11.1 Å². The van der Waals surface area contributed by atoms with Crippen LogP contribution in [0.25, 0.3) is 22.2 Å². The lowest BCUT2D eigenvalue weighted by molar-refractivity contribution is -0.152. The fraction of sp³-hybridized carbons (Fsp3) is 0.190. The van der Waals surface area contributed by atoms with E-state index in [0.717, 1.165) is 16.7 Å². The molecule has 0 aliphatic carbocycles. The molecule has 3 aromatic heterocycles. The van der Waals surface area contributed by atoms with Crippen molar-refractivity contribution in [1.82, 2.24) is 25.1 Å². The van der Waals surface area contributed by atoms with E-state index in [-0.39, 0.29) is 5.69 Å². The Balaban J connectivity index is 1.83. The maximum atomic E-state index is 12.9. The van der Waals surface area contributed by atoms with E-state index < -0.39 is 17.4 Å². The minimum absolute atomic E-state index is 0.273. The van der Waals surface area contributed by atoms with Gasteiger partial charge in [0.1, 0.15) is 0 Å². The van der Waals surface area contributed by atoms with Gasteiger partial charge in [-0.1, -0.05) is 12.1 Å². The van der Waals surface area contributed by atoms with Gasteiger partial charge in [0.15, 0.2) is 5.54 Å². The summed E-state index contributed by atoms with van der Waals surface area (Å²) >= 11 is 1.54. The van der Waals surface area contributed by atoms with Gasteiger partial charge in [-0.15, -0.1) is 0 Å². The molecule has 1 aromatic carbocycles. The molecule has 4 rings (SSSR count). The molecule has 0 aliphatic rings. The summed E-state index contributed by atoms with van der Waals surface area (Å²) in [6, 6.07) is 9.30. The largest absolute Gasteiger partial charge is 0.372 e. The van der Waals surface area contributed by atoms with Crippen LogP contribution >= 0.6 is 11.8 Å². The fourth-order valence-corrected chi connectivity index (χ4v) is 4.35. The third kappa shape index (κ3) is 3.88. The normalized spacial score (nSPS) is 14.2. The van der Waals surface area contributed by atoms with Crippen LogP contribution in [-0.4, -0.2) is 43.1 Å². The van der Waals surface area contributed by atoms with Crippen LogP contribution in [0.3, 0.4) is 0 Å². The lowest BCUT2D eigenvalue weighted by Crippen LogP contribution is -2.53. The monoisotopic (exact) mass is 435 g/mol. The number of nitrogens with two attached hydrogens (primary N) is 2. The van der Waals surface area contributed by atoms with E-state index in [2.05, 4.69) is 30.0 Å². The number of thioether (sulfide) groups is 1. The van der Waals surface area contributed by atoms with E-state index >= 15 is 0 Å². The first kappa shape index (κ1) is 20.9. The van der Waals surface area contributed by atoms with Crippen LogP contribution in [0, 0.1) is 0 Å². The quantitative estimate of drug-likeness (QED) is 0.372. The number of benzene rings is 1. The molecule has 158 valence electrons. The number of nitrogens with one attached hydrogen (secondary N) is 1. The molecule has 0 spiro atoms. The minimum atomic E-state index is -1.65. The topological polar surface area (TPSA) is 146 Å². The highest BCUT2D eigenvalue weighted by Crippen LogP contribution is 2.37. The first-order valence-corrected chi connectivity index (χ1v) is 10.8. The van der Waals surface area contributed by atoms with Crippen LogP contribution in [-0.2, 0) is 15.2 Å². The molecule has 2 atom stereocenters. The molecular formula is C21H21N7O2S. The Bertz CT molecular complexity index is 1190. The molecule has 0 saturated carbocycles. The maximum absolute atomic E-state index is 12.9. The first-order valence-electron chi connectivity index (χ1n) is 9.43. The van der Waals surface area contributed by atoms with Crippen molar-refractivity contribution in [3.05, 3.63) is 72.6 Å². The third-order valence-corrected chi connectivity index (χ3v) is 5.88. The van der Waals surface area contributed by atoms with Crippen molar-refractivity contribution < 1.29 is 9.63 Å². The van der Waals surface area contributed by atoms with E-state index in [9.17, 15) is 4.79 Å². The number of carbonyl (C=O) groups excluding carboxylic acids is 1. The number of nitrogens with zero attached hydrogens (tertiary/aromatic N) is 4. The van der Waals surface area contributed by atoms with E-state index in [4.69, 9.17) is 11.6 Å². The summed E-state index contributed by atoms with van der Waals surface area (Å²) in [6.45, 7) is 0. The summed E-state index contributed by atoms with van der Waals surface area (Å²) < 4.78 is 0. The SMILES string of the molecule is CSCC(c1cccnc1)C(N)(C(=O)ON)c1cnc2cc(-c3cn[nH]c3)ccc2n1. The molecule has 0 saturated heterocycles. The van der Waals surface area contributed by atoms with Gasteiger partial charge in [-0.25, -0.2) is 9.78 Å². The van der Waals surface area contributed by atoms with E-state index in [1.807, 2.05) is 30.5 Å². The number of hydrogen-bond acceptors (Lipinski definition) is 9. The zero-order valence-electron chi connectivity index (χ0n) is 16.7. The van der Waals surface area contributed by atoms with Gasteiger partial charge >= 0.3 is 5.97 Å². The zero-order valence-corrected chi connectivity index (χ0v) is 17.5. The molecule has 10 heteroatoms. The predicted molar refractivity (Wildman–Crippen MR) is 119 cm³/mol. The Hall–Kier alpha value is -3.34. The second-order valence-corrected chi connectivity index (χ2v) is 7.93. The lowest BCUT2D eigenvalue weighted by Gasteiger charge is -2.33. The Labute approximate surface area is 182 Å². The maximum Gasteiger partial charge on any atom is 0.351 e. The Morgan fingerprint density at radius 1 is 1.23 bits per heavy atom. The van der Waals surface area contributed by atoms with Crippen LogP contribution in [0.2, 0.25) is 0 Å². The van der Waals surface area contributed by atoms with Crippen LogP contribution in [0.4, 0.5) is 0 Å². The molecule has 0 radical (unpaired) electrons. The number of rotatable bonds is 7. The van der Waals surface area contributed by atoms with Gasteiger partial charge in [0.2, 0.25) is 0 Å². The summed E-state index contributed by atoms with van der Waals surface area (Å²) in [5.41, 5.74) is 9.26. The van der Waals surface area contributed by atoms with Gasteiger partial charge in [-0.3, -0.25) is 15.1 Å². The standard InChI is InChI=1S/C21H21N7O2S/c1-31-12-16(14-3-2-6-24-8-14)21(22,20(29)30-23)19-11-25-18-7-13(4-5-17(18)28-19)15-9-26-27-10-15/h2-11,16H,12,22-23H2,1H3,(H,26,27). The lowest BCUT2D eigenvalue weighted by atomic mass is 9.79. The molecule has 31 heavy (non-hydrogen) atoms. The second kappa shape index (κ2) is 8.80. The number of aromatic nitrogens is 5. The van der Waals surface area contributed by atoms with Gasteiger partial charge in [0.05, 0.1) is 29.1 Å².